The Kier molecular flexibility index (Phi) is 2.44. The van der Waals surface area contributed by atoms with E-state index in [1.807, 2.05) is 13.1 Å². The van der Waals surface area contributed by atoms with Gasteiger partial charge in [0.15, 0.2) is 0 Å². The summed E-state index contributed by atoms with van der Waals surface area (Å²) in [6.07, 6.45) is 10.4. The summed E-state index contributed by atoms with van der Waals surface area (Å²) in [4.78, 5) is 4.17. The molecule has 1 heterocycles. The molecule has 2 rings (SSSR count). The molecule has 0 aliphatic heterocycles. The number of hydrogen-bond acceptors (Lipinski definition) is 1. The van der Waals surface area contributed by atoms with Crippen LogP contribution in [0.2, 0.25) is 0 Å². The van der Waals surface area contributed by atoms with Crippen LogP contribution in [0.3, 0.4) is 0 Å². The minimum atomic E-state index is 0.892. The van der Waals surface area contributed by atoms with Gasteiger partial charge in [0.1, 0.15) is 0 Å². The molecule has 0 radical (unpaired) electrons. The molecule has 0 spiro atoms. The molecule has 0 saturated heterocycles. The van der Waals surface area contributed by atoms with E-state index in [0.717, 1.165) is 18.0 Å². The van der Waals surface area contributed by atoms with Crippen LogP contribution in [-0.4, -0.2) is 4.98 Å². The average molecular weight is 173 g/mol. The van der Waals surface area contributed by atoms with Crippen LogP contribution in [0.1, 0.15) is 24.1 Å². The molecule has 0 bridgehead atoms. The Bertz CT molecular complexity index is 311. The average Bonchev–Trinajstić information content (AvgIpc) is 2.88. The molecule has 1 saturated carbocycles. The fraction of sp³-hybridized carbons (Fsp3) is 0.417. The maximum absolute atomic E-state index is 4.17. The molecule has 68 valence electrons. The van der Waals surface area contributed by atoms with Gasteiger partial charge in [-0.1, -0.05) is 12.2 Å². The van der Waals surface area contributed by atoms with Gasteiger partial charge in [-0.15, -0.1) is 0 Å². The number of nitrogens with zero attached hydrogens (tertiary/aromatic N) is 1. The summed E-state index contributed by atoms with van der Waals surface area (Å²) in [5.41, 5.74) is 2.47. The van der Waals surface area contributed by atoms with Gasteiger partial charge in [0, 0.05) is 11.9 Å². The molecule has 1 fully saturated rings. The van der Waals surface area contributed by atoms with E-state index in [1.165, 1.54) is 18.4 Å². The molecule has 0 amide bonds. The Balaban J connectivity index is 1.92. The highest BCUT2D eigenvalue weighted by molar-refractivity contribution is 5.18. The normalized spacial score (nSPS) is 16.7. The zero-order chi connectivity index (χ0) is 9.10. The van der Waals surface area contributed by atoms with Gasteiger partial charge < -0.3 is 0 Å². The number of aromatic nitrogens is 1. The number of aryl methyl sites for hydroxylation is 1. The van der Waals surface area contributed by atoms with Crippen LogP contribution >= 0.6 is 0 Å². The summed E-state index contributed by atoms with van der Waals surface area (Å²) in [6, 6.07) is 4.24. The third-order valence-electron chi connectivity index (χ3n) is 2.34. The van der Waals surface area contributed by atoms with Gasteiger partial charge in [0.05, 0.1) is 0 Å². The van der Waals surface area contributed by atoms with Gasteiger partial charge >= 0.3 is 0 Å². The van der Waals surface area contributed by atoms with Crippen molar-refractivity contribution in [2.24, 2.45) is 5.92 Å². The Morgan fingerprint density at radius 3 is 3.08 bits per heavy atom. The second-order valence-corrected chi connectivity index (χ2v) is 3.78. The molecule has 0 N–H and O–H groups in total. The molecule has 1 aromatic rings. The predicted molar refractivity (Wildman–Crippen MR) is 54.5 cm³/mol. The van der Waals surface area contributed by atoms with Crippen LogP contribution in [0.5, 0.6) is 0 Å². The quantitative estimate of drug-likeness (QED) is 0.640. The third kappa shape index (κ3) is 2.69. The van der Waals surface area contributed by atoms with Crippen molar-refractivity contribution in [2.75, 3.05) is 0 Å². The summed E-state index contributed by atoms with van der Waals surface area (Å²) in [5.74, 6) is 0.892. The molecular formula is C12H15N. The van der Waals surface area contributed by atoms with Crippen molar-refractivity contribution in [3.63, 3.8) is 0 Å². The van der Waals surface area contributed by atoms with E-state index in [9.17, 15) is 0 Å². The Labute approximate surface area is 79.5 Å². The molecule has 0 unspecified atom stereocenters. The maximum Gasteiger partial charge on any atom is 0.0375 e. The lowest BCUT2D eigenvalue weighted by molar-refractivity contribution is 1.09. The minimum absolute atomic E-state index is 0.892. The van der Waals surface area contributed by atoms with Gasteiger partial charge in [0.25, 0.3) is 0 Å². The Morgan fingerprint density at radius 2 is 2.38 bits per heavy atom. The minimum Gasteiger partial charge on any atom is -0.262 e. The second-order valence-electron chi connectivity index (χ2n) is 3.78. The molecule has 1 aromatic heterocycles. The summed E-state index contributed by atoms with van der Waals surface area (Å²) in [7, 11) is 0. The van der Waals surface area contributed by atoms with Crippen molar-refractivity contribution in [1.82, 2.24) is 4.98 Å². The Hall–Kier alpha value is -1.11. The van der Waals surface area contributed by atoms with Crippen LogP contribution in [0.25, 0.3) is 0 Å². The van der Waals surface area contributed by atoms with Crippen LogP contribution in [0.15, 0.2) is 30.5 Å². The first-order valence-corrected chi connectivity index (χ1v) is 4.93. The van der Waals surface area contributed by atoms with Crippen molar-refractivity contribution in [2.45, 2.75) is 26.2 Å². The molecular weight excluding hydrogens is 158 g/mol. The standard InChI is InChI=1S/C12H15N/c1-10-9-12(7-8-13-10)4-2-3-11-5-6-11/h2-3,7-9,11H,4-6H2,1H3. The van der Waals surface area contributed by atoms with Gasteiger partial charge in [-0.25, -0.2) is 0 Å². The van der Waals surface area contributed by atoms with Crippen molar-refractivity contribution in [3.05, 3.63) is 41.7 Å². The third-order valence-corrected chi connectivity index (χ3v) is 2.34. The zero-order valence-electron chi connectivity index (χ0n) is 8.03. The zero-order valence-corrected chi connectivity index (χ0v) is 8.03. The molecule has 1 heteroatoms. The summed E-state index contributed by atoms with van der Waals surface area (Å²) in [6.45, 7) is 2.04. The van der Waals surface area contributed by atoms with Crippen LogP contribution < -0.4 is 0 Å². The molecule has 0 aromatic carbocycles. The van der Waals surface area contributed by atoms with E-state index in [0.29, 0.717) is 0 Å². The lowest BCUT2D eigenvalue weighted by Gasteiger charge is -1.96. The highest BCUT2D eigenvalue weighted by atomic mass is 14.6. The number of allylic oxidation sites excluding steroid dienone is 2. The molecule has 1 nitrogen and oxygen atoms in total. The molecule has 0 atom stereocenters. The molecule has 13 heavy (non-hydrogen) atoms. The highest BCUT2D eigenvalue weighted by Gasteiger charge is 2.16. The first-order valence-electron chi connectivity index (χ1n) is 4.93. The van der Waals surface area contributed by atoms with E-state index < -0.39 is 0 Å². The van der Waals surface area contributed by atoms with Crippen molar-refractivity contribution in [3.8, 4) is 0 Å². The van der Waals surface area contributed by atoms with Crippen LogP contribution in [-0.2, 0) is 6.42 Å². The summed E-state index contributed by atoms with van der Waals surface area (Å²) >= 11 is 0. The SMILES string of the molecule is Cc1cc(CC=CC2CC2)ccn1. The lowest BCUT2D eigenvalue weighted by atomic mass is 10.1. The second kappa shape index (κ2) is 3.73. The predicted octanol–water partition coefficient (Wildman–Crippen LogP) is 2.90. The van der Waals surface area contributed by atoms with Crippen molar-refractivity contribution >= 4 is 0 Å². The van der Waals surface area contributed by atoms with Gasteiger partial charge in [-0.2, -0.15) is 0 Å². The highest BCUT2D eigenvalue weighted by Crippen LogP contribution is 2.30. The summed E-state index contributed by atoms with van der Waals surface area (Å²) < 4.78 is 0. The Morgan fingerprint density at radius 1 is 1.54 bits per heavy atom. The van der Waals surface area contributed by atoms with Gasteiger partial charge in [0.2, 0.25) is 0 Å². The van der Waals surface area contributed by atoms with E-state index in [-0.39, 0.29) is 0 Å². The maximum atomic E-state index is 4.17. The number of rotatable bonds is 3. The van der Waals surface area contributed by atoms with E-state index in [2.05, 4.69) is 29.3 Å². The van der Waals surface area contributed by atoms with Crippen LogP contribution in [0, 0.1) is 12.8 Å². The largest absolute Gasteiger partial charge is 0.262 e. The van der Waals surface area contributed by atoms with E-state index in [4.69, 9.17) is 0 Å². The molecule has 1 aliphatic rings. The lowest BCUT2D eigenvalue weighted by Crippen LogP contribution is -1.85. The van der Waals surface area contributed by atoms with Crippen molar-refractivity contribution in [1.29, 1.82) is 0 Å². The first-order chi connectivity index (χ1) is 6.34. The number of pyridine rings is 1. The fourth-order valence-corrected chi connectivity index (χ4v) is 1.42. The topological polar surface area (TPSA) is 12.9 Å². The number of hydrogen-bond donors (Lipinski definition) is 0. The molecule has 1 aliphatic carbocycles. The van der Waals surface area contributed by atoms with Gasteiger partial charge in [-0.3, -0.25) is 4.98 Å². The first kappa shape index (κ1) is 8.49. The van der Waals surface area contributed by atoms with Crippen molar-refractivity contribution < 1.29 is 0 Å². The monoisotopic (exact) mass is 173 g/mol. The fourth-order valence-electron chi connectivity index (χ4n) is 1.42. The van der Waals surface area contributed by atoms with E-state index in [1.54, 1.807) is 0 Å². The smallest absolute Gasteiger partial charge is 0.0375 e. The van der Waals surface area contributed by atoms with Gasteiger partial charge in [-0.05, 0) is 49.8 Å². The van der Waals surface area contributed by atoms with Crippen LogP contribution in [0.4, 0.5) is 0 Å². The van der Waals surface area contributed by atoms with E-state index >= 15 is 0 Å². The summed E-state index contributed by atoms with van der Waals surface area (Å²) in [5, 5.41) is 0.